The molecular formula is C32H22FN3O7. The number of nitrogens with one attached hydrogen (secondary N) is 1. The maximum atomic E-state index is 13.8. The van der Waals surface area contributed by atoms with Gasteiger partial charge in [-0.25, -0.2) is 4.39 Å². The van der Waals surface area contributed by atoms with Crippen molar-refractivity contribution in [1.29, 1.82) is 0 Å². The van der Waals surface area contributed by atoms with Gasteiger partial charge in [0.05, 0.1) is 11.3 Å². The lowest BCUT2D eigenvalue weighted by molar-refractivity contribution is -0.132. The normalized spacial score (nSPS) is 12.7. The first-order chi connectivity index (χ1) is 20.9. The molecule has 2 aliphatic rings. The van der Waals surface area contributed by atoms with E-state index in [1.165, 1.54) is 35.9 Å². The number of esters is 1. The molecule has 0 atom stereocenters. The monoisotopic (exact) mass is 579 g/mol. The minimum absolute atomic E-state index is 0.105. The number of carbonyl (C=O) groups is 2. The van der Waals surface area contributed by atoms with E-state index >= 15 is 0 Å². The zero-order chi connectivity index (χ0) is 29.5. The lowest BCUT2D eigenvalue weighted by atomic mass is 10.0. The van der Waals surface area contributed by atoms with Crippen LogP contribution in [0.3, 0.4) is 0 Å². The summed E-state index contributed by atoms with van der Waals surface area (Å²) < 4.78 is 42.7. The molecule has 2 aliphatic heterocycles. The SMILES string of the molecule is CC(=O)Oc1c(-c2ccc(NC(=O)c3ccc4c(c3)OCO4)cc2)c(-c2ccc3c(c2)OCO3)nn1-c1ccc(F)cc1. The van der Waals surface area contributed by atoms with Crippen molar-refractivity contribution in [2.45, 2.75) is 6.92 Å². The van der Waals surface area contributed by atoms with E-state index < -0.39 is 11.8 Å². The second-order valence-electron chi connectivity index (χ2n) is 9.68. The number of aromatic nitrogens is 2. The maximum Gasteiger partial charge on any atom is 0.309 e. The van der Waals surface area contributed by atoms with E-state index in [2.05, 4.69) is 5.32 Å². The number of hydrogen-bond donors (Lipinski definition) is 1. The molecule has 5 aromatic rings. The van der Waals surface area contributed by atoms with E-state index in [1.54, 1.807) is 54.6 Å². The number of benzene rings is 4. The fourth-order valence-corrected chi connectivity index (χ4v) is 4.86. The predicted molar refractivity (Wildman–Crippen MR) is 152 cm³/mol. The summed E-state index contributed by atoms with van der Waals surface area (Å²) >= 11 is 0. The largest absolute Gasteiger partial charge is 0.454 e. The predicted octanol–water partition coefficient (Wildman–Crippen LogP) is 5.98. The Balaban J connectivity index is 1.29. The van der Waals surface area contributed by atoms with Gasteiger partial charge in [0.15, 0.2) is 23.0 Å². The third-order valence-electron chi connectivity index (χ3n) is 6.87. The summed E-state index contributed by atoms with van der Waals surface area (Å²) in [4.78, 5) is 25.2. The second kappa shape index (κ2) is 10.5. The summed E-state index contributed by atoms with van der Waals surface area (Å²) in [6.45, 7) is 1.51. The van der Waals surface area contributed by atoms with Crippen LogP contribution >= 0.6 is 0 Å². The van der Waals surface area contributed by atoms with Gasteiger partial charge in [0, 0.05) is 23.7 Å². The van der Waals surface area contributed by atoms with Crippen LogP contribution in [-0.2, 0) is 4.79 Å². The molecule has 11 heteroatoms. The average molecular weight is 580 g/mol. The van der Waals surface area contributed by atoms with Gasteiger partial charge in [-0.15, -0.1) is 0 Å². The number of amides is 1. The highest BCUT2D eigenvalue weighted by Gasteiger charge is 2.26. The summed E-state index contributed by atoms with van der Waals surface area (Å²) in [7, 11) is 0. The van der Waals surface area contributed by atoms with Crippen LogP contribution in [0.1, 0.15) is 17.3 Å². The third-order valence-corrected chi connectivity index (χ3v) is 6.87. The third kappa shape index (κ3) is 4.97. The number of anilines is 1. The molecule has 1 amide bonds. The van der Waals surface area contributed by atoms with Gasteiger partial charge in [0.2, 0.25) is 19.5 Å². The topological polar surface area (TPSA) is 110 Å². The smallest absolute Gasteiger partial charge is 0.309 e. The van der Waals surface area contributed by atoms with Crippen LogP contribution in [0.4, 0.5) is 10.1 Å². The quantitative estimate of drug-likeness (QED) is 0.245. The molecular weight excluding hydrogens is 557 g/mol. The van der Waals surface area contributed by atoms with E-state index in [0.717, 1.165) is 0 Å². The fourth-order valence-electron chi connectivity index (χ4n) is 4.86. The summed E-state index contributed by atoms with van der Waals surface area (Å²) in [5.41, 5.74) is 3.75. The Labute approximate surface area is 244 Å². The summed E-state index contributed by atoms with van der Waals surface area (Å²) in [5, 5.41) is 7.68. The lowest BCUT2D eigenvalue weighted by Crippen LogP contribution is -2.11. The number of rotatable bonds is 6. The summed E-state index contributed by atoms with van der Waals surface area (Å²) in [6, 6.07) is 23.1. The van der Waals surface area contributed by atoms with Gasteiger partial charge in [-0.3, -0.25) is 9.59 Å². The molecule has 0 unspecified atom stereocenters. The van der Waals surface area contributed by atoms with E-state index in [-0.39, 0.29) is 25.4 Å². The molecule has 10 nitrogen and oxygen atoms in total. The number of nitrogens with zero attached hydrogens (tertiary/aromatic N) is 2. The standard InChI is InChI=1S/C32H22FN3O7/c1-18(37)43-32-29(19-2-8-23(9-3-19)34-31(38)21-5-13-26-28(15-21)42-17-40-26)30(20-4-12-25-27(14-20)41-16-39-25)35-36(32)24-10-6-22(33)7-11-24/h2-15H,16-17H2,1H3,(H,34,38). The summed E-state index contributed by atoms with van der Waals surface area (Å²) in [6.07, 6.45) is 0. The van der Waals surface area contributed by atoms with Crippen molar-refractivity contribution in [3.63, 3.8) is 0 Å². The fraction of sp³-hybridized carbons (Fsp3) is 0.0938. The lowest BCUT2D eigenvalue weighted by Gasteiger charge is -2.11. The maximum absolute atomic E-state index is 13.8. The molecule has 0 bridgehead atoms. The molecule has 4 aromatic carbocycles. The number of hydrogen-bond acceptors (Lipinski definition) is 8. The van der Waals surface area contributed by atoms with E-state index in [9.17, 15) is 14.0 Å². The van der Waals surface area contributed by atoms with Crippen LogP contribution in [0.5, 0.6) is 28.9 Å². The number of ether oxygens (including phenoxy) is 5. The Kier molecular flexibility index (Phi) is 6.39. The highest BCUT2D eigenvalue weighted by molar-refractivity contribution is 6.05. The Bertz CT molecular complexity index is 1880. The first-order valence-electron chi connectivity index (χ1n) is 13.2. The highest BCUT2D eigenvalue weighted by atomic mass is 19.1. The van der Waals surface area contributed by atoms with E-state index in [0.29, 0.717) is 62.3 Å². The van der Waals surface area contributed by atoms with Gasteiger partial charge < -0.3 is 29.0 Å². The Morgan fingerprint density at radius 1 is 0.791 bits per heavy atom. The van der Waals surface area contributed by atoms with Crippen LogP contribution in [0, 0.1) is 5.82 Å². The Hall–Kier alpha value is -5.84. The number of halogens is 1. The average Bonchev–Trinajstić information content (AvgIpc) is 3.76. The van der Waals surface area contributed by atoms with Gasteiger partial charge >= 0.3 is 5.97 Å². The molecule has 214 valence electrons. The zero-order valence-electron chi connectivity index (χ0n) is 22.6. The van der Waals surface area contributed by atoms with Crippen LogP contribution in [0.2, 0.25) is 0 Å². The van der Waals surface area contributed by atoms with Crippen LogP contribution < -0.4 is 29.0 Å². The molecule has 0 aliphatic carbocycles. The van der Waals surface area contributed by atoms with Gasteiger partial charge in [0.25, 0.3) is 5.91 Å². The molecule has 43 heavy (non-hydrogen) atoms. The van der Waals surface area contributed by atoms with Crippen molar-refractivity contribution in [2.75, 3.05) is 18.9 Å². The van der Waals surface area contributed by atoms with Crippen molar-refractivity contribution in [3.8, 4) is 56.9 Å². The van der Waals surface area contributed by atoms with Crippen LogP contribution in [0.15, 0.2) is 84.9 Å². The molecule has 3 heterocycles. The molecule has 0 spiro atoms. The first kappa shape index (κ1) is 26.1. The zero-order valence-corrected chi connectivity index (χ0v) is 22.6. The van der Waals surface area contributed by atoms with Crippen molar-refractivity contribution in [1.82, 2.24) is 9.78 Å². The first-order valence-corrected chi connectivity index (χ1v) is 13.2. The molecule has 1 N–H and O–H groups in total. The minimum atomic E-state index is -0.561. The van der Waals surface area contributed by atoms with Gasteiger partial charge in [-0.2, -0.15) is 9.78 Å². The van der Waals surface area contributed by atoms with Crippen molar-refractivity contribution in [2.24, 2.45) is 0 Å². The molecule has 0 saturated heterocycles. The highest BCUT2D eigenvalue weighted by Crippen LogP contribution is 2.44. The summed E-state index contributed by atoms with van der Waals surface area (Å²) in [5.74, 6) is 1.09. The van der Waals surface area contributed by atoms with E-state index in [1.807, 2.05) is 6.07 Å². The van der Waals surface area contributed by atoms with Crippen LogP contribution in [-0.4, -0.2) is 35.2 Å². The minimum Gasteiger partial charge on any atom is -0.454 e. The molecule has 0 saturated carbocycles. The molecule has 7 rings (SSSR count). The number of fused-ring (bicyclic) bond motifs is 2. The number of carbonyl (C=O) groups excluding carboxylic acids is 2. The van der Waals surface area contributed by atoms with Crippen molar-refractivity contribution >= 4 is 17.6 Å². The molecule has 0 radical (unpaired) electrons. The van der Waals surface area contributed by atoms with Crippen molar-refractivity contribution in [3.05, 3.63) is 96.3 Å². The van der Waals surface area contributed by atoms with E-state index in [4.69, 9.17) is 28.8 Å². The van der Waals surface area contributed by atoms with Crippen molar-refractivity contribution < 1.29 is 37.7 Å². The molecule has 1 aromatic heterocycles. The van der Waals surface area contributed by atoms with Gasteiger partial charge in [-0.05, 0) is 78.4 Å². The second-order valence-corrected chi connectivity index (χ2v) is 9.68. The van der Waals surface area contributed by atoms with Gasteiger partial charge in [-0.1, -0.05) is 12.1 Å². The van der Waals surface area contributed by atoms with Crippen LogP contribution in [0.25, 0.3) is 28.1 Å². The Morgan fingerprint density at radius 2 is 1.42 bits per heavy atom. The Morgan fingerprint density at radius 3 is 2.12 bits per heavy atom. The van der Waals surface area contributed by atoms with Gasteiger partial charge in [0.1, 0.15) is 11.5 Å². The molecule has 0 fully saturated rings.